The average Bonchev–Trinajstić information content (AvgIpc) is 2.81. The Bertz CT molecular complexity index is 1200. The van der Waals surface area contributed by atoms with Crippen molar-refractivity contribution in [2.75, 3.05) is 31.1 Å². The summed E-state index contributed by atoms with van der Waals surface area (Å²) in [6, 6.07) is 21.7. The topological polar surface area (TPSA) is 66.4 Å². The summed E-state index contributed by atoms with van der Waals surface area (Å²) in [5, 5.41) is 4.23. The van der Waals surface area contributed by atoms with E-state index >= 15 is 0 Å². The quantitative estimate of drug-likeness (QED) is 0.621. The van der Waals surface area contributed by atoms with Crippen LogP contribution in [0.3, 0.4) is 0 Å². The van der Waals surface area contributed by atoms with Gasteiger partial charge in [0.2, 0.25) is 0 Å². The number of ether oxygens (including phenoxy) is 2. The molecular weight excluding hydrogens is 416 g/mol. The van der Waals surface area contributed by atoms with Crippen molar-refractivity contribution in [3.05, 3.63) is 83.4 Å². The molecular formula is C23H21ClN4O3. The number of rotatable bonds is 5. The zero-order chi connectivity index (χ0) is 21.8. The molecule has 1 N–H and O–H groups in total. The first-order valence-corrected chi connectivity index (χ1v) is 9.91. The Morgan fingerprint density at radius 2 is 1.61 bits per heavy atom. The smallest absolute Gasteiger partial charge is 0.332 e. The van der Waals surface area contributed by atoms with E-state index in [9.17, 15) is 4.79 Å². The van der Waals surface area contributed by atoms with Crippen LogP contribution in [0.25, 0.3) is 5.82 Å². The van der Waals surface area contributed by atoms with Crippen molar-refractivity contribution in [2.45, 2.75) is 0 Å². The van der Waals surface area contributed by atoms with Gasteiger partial charge >= 0.3 is 6.03 Å². The molecule has 1 aliphatic heterocycles. The summed E-state index contributed by atoms with van der Waals surface area (Å²) in [4.78, 5) is 19.5. The number of amides is 2. The van der Waals surface area contributed by atoms with Crippen LogP contribution >= 0.6 is 11.8 Å². The standard InChI is InChI=1S/C23H21ClN4O3/c1-30-20-13-18-19(14-21(20)31-2)25-15-27(24)22(18)28(17-11-7-4-8-12-17)23(29)26-16-9-5-3-6-10-16/h3-14H,15H2,1-2H3,(H,26,29). The highest BCUT2D eigenvalue weighted by molar-refractivity contribution is 6.20. The van der Waals surface area contributed by atoms with E-state index in [0.717, 1.165) is 0 Å². The third-order valence-corrected chi connectivity index (χ3v) is 5.06. The Hall–Kier alpha value is -3.71. The number of anilines is 2. The lowest BCUT2D eigenvalue weighted by atomic mass is 10.2. The van der Waals surface area contributed by atoms with Crippen LogP contribution in [0.15, 0.2) is 77.8 Å². The molecule has 0 bridgehead atoms. The SMILES string of the molecule is COc1cc2c(cc1OC)=C(N(C(=O)Nc1ccccc1)c1ccccc1)N(Cl)CN=2. The van der Waals surface area contributed by atoms with Gasteiger partial charge in [0.15, 0.2) is 11.5 Å². The van der Waals surface area contributed by atoms with Crippen molar-refractivity contribution in [1.29, 1.82) is 0 Å². The molecule has 0 spiro atoms. The molecule has 4 rings (SSSR count). The molecule has 158 valence electrons. The Labute approximate surface area is 184 Å². The fourth-order valence-electron chi connectivity index (χ4n) is 3.36. The van der Waals surface area contributed by atoms with Gasteiger partial charge in [-0.1, -0.05) is 36.4 Å². The van der Waals surface area contributed by atoms with Crippen LogP contribution in [0.2, 0.25) is 0 Å². The first-order chi connectivity index (χ1) is 15.1. The summed E-state index contributed by atoms with van der Waals surface area (Å²) in [6.07, 6.45) is 0. The number of halogens is 1. The fourth-order valence-corrected chi connectivity index (χ4v) is 3.58. The number of urea groups is 1. The van der Waals surface area contributed by atoms with Crippen LogP contribution in [-0.4, -0.2) is 31.3 Å². The Morgan fingerprint density at radius 3 is 2.26 bits per heavy atom. The van der Waals surface area contributed by atoms with Crippen molar-refractivity contribution in [1.82, 2.24) is 4.42 Å². The van der Waals surface area contributed by atoms with Crippen molar-refractivity contribution < 1.29 is 14.3 Å². The second kappa shape index (κ2) is 8.97. The van der Waals surface area contributed by atoms with Gasteiger partial charge in [-0.25, -0.2) is 14.1 Å². The number of carbonyl (C=O) groups is 1. The van der Waals surface area contributed by atoms with Gasteiger partial charge in [0.05, 0.1) is 25.3 Å². The Balaban J connectivity index is 1.93. The largest absolute Gasteiger partial charge is 0.493 e. The van der Waals surface area contributed by atoms with Gasteiger partial charge in [-0.05, 0) is 30.3 Å². The molecule has 8 heteroatoms. The monoisotopic (exact) mass is 436 g/mol. The highest BCUT2D eigenvalue weighted by Crippen LogP contribution is 2.27. The summed E-state index contributed by atoms with van der Waals surface area (Å²) in [6.45, 7) is 0.168. The van der Waals surface area contributed by atoms with Gasteiger partial charge in [0.1, 0.15) is 12.5 Å². The van der Waals surface area contributed by atoms with Gasteiger partial charge in [-0.3, -0.25) is 4.99 Å². The minimum absolute atomic E-state index is 0.168. The highest BCUT2D eigenvalue weighted by atomic mass is 35.5. The van der Waals surface area contributed by atoms with Crippen LogP contribution < -0.4 is 30.3 Å². The maximum atomic E-state index is 13.5. The molecule has 0 unspecified atom stereocenters. The van der Waals surface area contributed by atoms with E-state index in [1.807, 2.05) is 60.7 Å². The number of nitrogens with one attached hydrogen (secondary N) is 1. The van der Waals surface area contributed by atoms with E-state index in [0.29, 0.717) is 39.3 Å². The number of hydrogen-bond acceptors (Lipinski definition) is 5. The average molecular weight is 437 g/mol. The van der Waals surface area contributed by atoms with Gasteiger partial charge in [-0.2, -0.15) is 0 Å². The summed E-state index contributed by atoms with van der Waals surface area (Å²) in [5.41, 5.74) is 1.32. The molecule has 0 atom stereocenters. The summed E-state index contributed by atoms with van der Waals surface area (Å²) < 4.78 is 12.3. The molecule has 2 amide bonds. The molecule has 31 heavy (non-hydrogen) atoms. The molecule has 0 fully saturated rings. The second-order valence-corrected chi connectivity index (χ2v) is 7.08. The van der Waals surface area contributed by atoms with E-state index in [4.69, 9.17) is 21.3 Å². The van der Waals surface area contributed by atoms with E-state index in [-0.39, 0.29) is 12.7 Å². The predicted molar refractivity (Wildman–Crippen MR) is 121 cm³/mol. The highest BCUT2D eigenvalue weighted by Gasteiger charge is 2.27. The van der Waals surface area contributed by atoms with E-state index in [1.165, 1.54) is 9.32 Å². The third-order valence-electron chi connectivity index (χ3n) is 4.79. The van der Waals surface area contributed by atoms with Crippen molar-refractivity contribution in [3.8, 4) is 11.5 Å². The predicted octanol–water partition coefficient (Wildman–Crippen LogP) is 3.55. The molecule has 0 radical (unpaired) electrons. The van der Waals surface area contributed by atoms with Gasteiger partial charge in [0, 0.05) is 28.7 Å². The van der Waals surface area contributed by atoms with Crippen molar-refractivity contribution in [2.24, 2.45) is 4.99 Å². The van der Waals surface area contributed by atoms with Crippen molar-refractivity contribution in [3.63, 3.8) is 0 Å². The number of para-hydroxylation sites is 2. The third kappa shape index (κ3) is 4.13. The Kier molecular flexibility index (Phi) is 5.95. The maximum absolute atomic E-state index is 13.5. The molecule has 0 saturated carbocycles. The lowest BCUT2D eigenvalue weighted by Crippen LogP contribution is -2.47. The van der Waals surface area contributed by atoms with Gasteiger partial charge < -0.3 is 14.8 Å². The summed E-state index contributed by atoms with van der Waals surface area (Å²) >= 11 is 6.58. The first kappa shape index (κ1) is 20.6. The van der Waals surface area contributed by atoms with Crippen LogP contribution in [0.4, 0.5) is 16.2 Å². The molecule has 0 aromatic heterocycles. The van der Waals surface area contributed by atoms with Crippen molar-refractivity contribution >= 4 is 35.0 Å². The first-order valence-electron chi connectivity index (χ1n) is 9.57. The van der Waals surface area contributed by atoms with Crippen LogP contribution in [0.1, 0.15) is 0 Å². The number of benzene rings is 3. The van der Waals surface area contributed by atoms with E-state index in [2.05, 4.69) is 10.3 Å². The minimum atomic E-state index is -0.360. The van der Waals surface area contributed by atoms with Crippen LogP contribution in [0, 0.1) is 0 Å². The van der Waals surface area contributed by atoms with E-state index < -0.39 is 0 Å². The molecule has 3 aromatic carbocycles. The summed E-state index contributed by atoms with van der Waals surface area (Å²) in [5.74, 6) is 1.53. The normalized spacial score (nSPS) is 12.5. The minimum Gasteiger partial charge on any atom is -0.493 e. The zero-order valence-electron chi connectivity index (χ0n) is 17.1. The number of carbonyl (C=O) groups excluding carboxylic acids is 1. The summed E-state index contributed by atoms with van der Waals surface area (Å²) in [7, 11) is 3.12. The van der Waals surface area contributed by atoms with Crippen LogP contribution in [0.5, 0.6) is 11.5 Å². The fraction of sp³-hybridized carbons (Fsp3) is 0.130. The Morgan fingerprint density at radius 1 is 1.00 bits per heavy atom. The lowest BCUT2D eigenvalue weighted by Gasteiger charge is -2.31. The molecule has 1 heterocycles. The maximum Gasteiger partial charge on any atom is 0.332 e. The number of hydrogen-bond donors (Lipinski definition) is 1. The number of fused-ring (bicyclic) bond motifs is 1. The van der Waals surface area contributed by atoms with E-state index in [1.54, 1.807) is 26.4 Å². The van der Waals surface area contributed by atoms with Gasteiger partial charge in [0.25, 0.3) is 0 Å². The molecule has 0 aliphatic carbocycles. The number of methoxy groups -OCH3 is 2. The zero-order valence-corrected chi connectivity index (χ0v) is 17.8. The van der Waals surface area contributed by atoms with Gasteiger partial charge in [-0.15, -0.1) is 0 Å². The molecule has 7 nitrogen and oxygen atoms in total. The second-order valence-electron chi connectivity index (χ2n) is 6.68. The van der Waals surface area contributed by atoms with Crippen LogP contribution in [-0.2, 0) is 0 Å². The molecule has 0 saturated heterocycles. The molecule has 3 aromatic rings. The lowest BCUT2D eigenvalue weighted by molar-refractivity contribution is 0.258. The molecule has 1 aliphatic rings. The number of nitrogens with zero attached hydrogens (tertiary/aromatic N) is 3.